The topological polar surface area (TPSA) is 146 Å². The van der Waals surface area contributed by atoms with E-state index in [0.29, 0.717) is 74.6 Å². The molecule has 0 radical (unpaired) electrons. The van der Waals surface area contributed by atoms with Crippen LogP contribution in [0.1, 0.15) is 38.1 Å². The first-order valence-electron chi connectivity index (χ1n) is 12.9. The first-order chi connectivity index (χ1) is 18.8. The number of benzene rings is 1. The number of aromatic nitrogens is 4. The van der Waals surface area contributed by atoms with Crippen LogP contribution >= 0.6 is 0 Å². The summed E-state index contributed by atoms with van der Waals surface area (Å²) in [5.74, 6) is -3.03. The standard InChI is InChI=1S/C25H30F3N7O4/c26-14-7-18(27)21(19(28)8-14)33-25-32-20-10-30-24(34-22(20)35(25)16-5-6-39-12-16)31-15-3-1-13(2-4-15)23(38)29-9-17(37)11-36/h7-8,10,13,15-17,36-37H,1-6,9,11-12H2,(H,29,38)(H,32,33)(H,30,31,34). The molecule has 3 aromatic rings. The molecule has 2 aliphatic rings. The summed E-state index contributed by atoms with van der Waals surface area (Å²) in [4.78, 5) is 25.8. The molecule has 2 fully saturated rings. The van der Waals surface area contributed by atoms with E-state index in [1.165, 1.54) is 6.20 Å². The number of anilines is 3. The van der Waals surface area contributed by atoms with Crippen LogP contribution in [0.3, 0.4) is 0 Å². The van der Waals surface area contributed by atoms with Crippen molar-refractivity contribution >= 4 is 34.7 Å². The molecule has 11 nitrogen and oxygen atoms in total. The Labute approximate surface area is 221 Å². The summed E-state index contributed by atoms with van der Waals surface area (Å²) in [6.45, 7) is 0.474. The molecule has 210 valence electrons. The largest absolute Gasteiger partial charge is 0.394 e. The third-order valence-electron chi connectivity index (χ3n) is 7.10. The molecule has 1 saturated heterocycles. The maximum Gasteiger partial charge on any atom is 0.224 e. The third kappa shape index (κ3) is 6.07. The Hall–Kier alpha value is -3.49. The Kier molecular flexibility index (Phi) is 8.14. The van der Waals surface area contributed by atoms with Crippen LogP contribution in [0.15, 0.2) is 18.3 Å². The molecule has 1 amide bonds. The molecule has 1 aromatic carbocycles. The lowest BCUT2D eigenvalue weighted by atomic mass is 9.85. The van der Waals surface area contributed by atoms with Gasteiger partial charge in [0.2, 0.25) is 17.8 Å². The maximum atomic E-state index is 14.4. The van der Waals surface area contributed by atoms with E-state index < -0.39 is 35.8 Å². The van der Waals surface area contributed by atoms with Crippen LogP contribution in [0.2, 0.25) is 0 Å². The first-order valence-corrected chi connectivity index (χ1v) is 12.9. The molecule has 2 unspecified atom stereocenters. The second-order valence-corrected chi connectivity index (χ2v) is 9.87. The van der Waals surface area contributed by atoms with E-state index >= 15 is 0 Å². The second-order valence-electron chi connectivity index (χ2n) is 9.87. The molecule has 0 bridgehead atoms. The molecule has 3 heterocycles. The molecular formula is C25H30F3N7O4. The number of aliphatic hydroxyl groups excluding tert-OH is 2. The Morgan fingerprint density at radius 3 is 2.54 bits per heavy atom. The van der Waals surface area contributed by atoms with Gasteiger partial charge in [0.05, 0.1) is 31.6 Å². The number of rotatable bonds is 9. The van der Waals surface area contributed by atoms with Gasteiger partial charge in [-0.3, -0.25) is 9.36 Å². The van der Waals surface area contributed by atoms with Crippen LogP contribution in [-0.2, 0) is 9.53 Å². The van der Waals surface area contributed by atoms with Crippen molar-refractivity contribution < 1.29 is 32.9 Å². The highest BCUT2D eigenvalue weighted by Crippen LogP contribution is 2.32. The number of nitrogens with one attached hydrogen (secondary N) is 3. The molecule has 2 aromatic heterocycles. The minimum absolute atomic E-state index is 0.0123. The van der Waals surface area contributed by atoms with Crippen molar-refractivity contribution in [1.29, 1.82) is 0 Å². The highest BCUT2D eigenvalue weighted by Gasteiger charge is 2.29. The zero-order valence-electron chi connectivity index (χ0n) is 21.0. The fourth-order valence-corrected chi connectivity index (χ4v) is 5.00. The number of imidazole rings is 1. The van der Waals surface area contributed by atoms with E-state index in [9.17, 15) is 23.1 Å². The molecule has 14 heteroatoms. The van der Waals surface area contributed by atoms with Gasteiger partial charge in [-0.1, -0.05) is 0 Å². The van der Waals surface area contributed by atoms with Crippen LogP contribution < -0.4 is 16.0 Å². The van der Waals surface area contributed by atoms with Gasteiger partial charge in [-0.05, 0) is 32.1 Å². The zero-order valence-corrected chi connectivity index (χ0v) is 21.0. The second kappa shape index (κ2) is 11.7. The van der Waals surface area contributed by atoms with Crippen molar-refractivity contribution in [2.24, 2.45) is 5.92 Å². The molecule has 2 atom stereocenters. The van der Waals surface area contributed by atoms with E-state index in [1.807, 2.05) is 0 Å². The van der Waals surface area contributed by atoms with Crippen LogP contribution in [-0.4, -0.2) is 74.2 Å². The van der Waals surface area contributed by atoms with E-state index in [4.69, 9.17) is 9.84 Å². The van der Waals surface area contributed by atoms with Crippen molar-refractivity contribution in [3.05, 3.63) is 35.8 Å². The van der Waals surface area contributed by atoms with Gasteiger partial charge >= 0.3 is 0 Å². The summed E-state index contributed by atoms with van der Waals surface area (Å²) in [6, 6.07) is 1.02. The van der Waals surface area contributed by atoms with E-state index in [1.54, 1.807) is 4.57 Å². The molecule has 1 saturated carbocycles. The van der Waals surface area contributed by atoms with Crippen LogP contribution in [0.25, 0.3) is 11.2 Å². The van der Waals surface area contributed by atoms with E-state index in [0.717, 1.165) is 0 Å². The van der Waals surface area contributed by atoms with Crippen LogP contribution in [0, 0.1) is 23.4 Å². The summed E-state index contributed by atoms with van der Waals surface area (Å²) in [5.41, 5.74) is 0.331. The zero-order chi connectivity index (χ0) is 27.5. The number of carbonyl (C=O) groups is 1. The van der Waals surface area contributed by atoms with Gasteiger partial charge in [-0.25, -0.2) is 23.1 Å². The third-order valence-corrected chi connectivity index (χ3v) is 7.10. The van der Waals surface area contributed by atoms with Gasteiger partial charge in [0.15, 0.2) is 17.3 Å². The average Bonchev–Trinajstić information content (AvgIpc) is 3.57. The predicted molar refractivity (Wildman–Crippen MR) is 135 cm³/mol. The molecule has 1 aliphatic heterocycles. The number of amides is 1. The number of fused-ring (bicyclic) bond motifs is 1. The van der Waals surface area contributed by atoms with E-state index in [2.05, 4.69) is 30.9 Å². The number of ether oxygens (including phenoxy) is 1. The van der Waals surface area contributed by atoms with Crippen molar-refractivity contribution in [3.8, 4) is 0 Å². The smallest absolute Gasteiger partial charge is 0.224 e. The first kappa shape index (κ1) is 27.1. The molecule has 5 N–H and O–H groups in total. The molecular weight excluding hydrogens is 519 g/mol. The van der Waals surface area contributed by atoms with Gasteiger partial charge < -0.3 is 30.9 Å². The SMILES string of the molecule is O=C(NCC(O)CO)C1CCC(Nc2ncc3nc(Nc4c(F)cc(F)cc4F)n(C4CCOC4)c3n2)CC1. The quantitative estimate of drug-likeness (QED) is 0.272. The van der Waals surface area contributed by atoms with Gasteiger partial charge in [0.1, 0.15) is 17.0 Å². The summed E-state index contributed by atoms with van der Waals surface area (Å²) in [6.07, 6.45) is 3.87. The lowest BCUT2D eigenvalue weighted by Crippen LogP contribution is -2.40. The number of hydrogen-bond acceptors (Lipinski definition) is 9. The lowest BCUT2D eigenvalue weighted by Gasteiger charge is -2.28. The van der Waals surface area contributed by atoms with Crippen LogP contribution in [0.5, 0.6) is 0 Å². The fourth-order valence-electron chi connectivity index (χ4n) is 5.00. The number of carbonyl (C=O) groups excluding carboxylic acids is 1. The van der Waals surface area contributed by atoms with Crippen molar-refractivity contribution in [2.45, 2.75) is 50.3 Å². The highest BCUT2D eigenvalue weighted by atomic mass is 19.1. The lowest BCUT2D eigenvalue weighted by molar-refractivity contribution is -0.126. The fraction of sp³-hybridized carbons (Fsp3) is 0.520. The van der Waals surface area contributed by atoms with Gasteiger partial charge in [-0.2, -0.15) is 4.98 Å². The Morgan fingerprint density at radius 2 is 1.87 bits per heavy atom. The maximum absolute atomic E-state index is 14.4. The normalized spacial score (nSPS) is 22.1. The average molecular weight is 550 g/mol. The van der Waals surface area contributed by atoms with Crippen molar-refractivity contribution in [1.82, 2.24) is 24.8 Å². The summed E-state index contributed by atoms with van der Waals surface area (Å²) >= 11 is 0. The number of halogens is 3. The summed E-state index contributed by atoms with van der Waals surface area (Å²) < 4.78 is 49.4. The predicted octanol–water partition coefficient (Wildman–Crippen LogP) is 2.39. The molecule has 39 heavy (non-hydrogen) atoms. The Balaban J connectivity index is 1.32. The van der Waals surface area contributed by atoms with Crippen LogP contribution in [0.4, 0.5) is 30.8 Å². The number of aliphatic hydroxyl groups is 2. The minimum Gasteiger partial charge on any atom is -0.394 e. The Bertz CT molecular complexity index is 1300. The van der Waals surface area contributed by atoms with E-state index in [-0.39, 0.29) is 36.4 Å². The number of hydrogen-bond donors (Lipinski definition) is 5. The molecule has 0 spiro atoms. The molecule has 5 rings (SSSR count). The van der Waals surface area contributed by atoms with Crippen molar-refractivity contribution in [2.75, 3.05) is 37.0 Å². The summed E-state index contributed by atoms with van der Waals surface area (Å²) in [7, 11) is 0. The molecule has 1 aliphatic carbocycles. The monoisotopic (exact) mass is 549 g/mol. The minimum atomic E-state index is -1.09. The van der Waals surface area contributed by atoms with Gasteiger partial charge in [-0.15, -0.1) is 0 Å². The van der Waals surface area contributed by atoms with Gasteiger partial charge in [0.25, 0.3) is 0 Å². The van der Waals surface area contributed by atoms with Crippen molar-refractivity contribution in [3.63, 3.8) is 0 Å². The Morgan fingerprint density at radius 1 is 1.13 bits per heavy atom. The summed E-state index contributed by atoms with van der Waals surface area (Å²) in [5, 5.41) is 27.0. The highest BCUT2D eigenvalue weighted by molar-refractivity contribution is 5.79. The number of nitrogens with zero attached hydrogens (tertiary/aromatic N) is 4. The van der Waals surface area contributed by atoms with Gasteiger partial charge in [0, 0.05) is 37.2 Å².